The lowest BCUT2D eigenvalue weighted by Crippen LogP contribution is -2.06. The molecule has 0 unspecified atom stereocenters. The maximum absolute atomic E-state index is 12.2. The summed E-state index contributed by atoms with van der Waals surface area (Å²) in [5.74, 6) is -0.130. The van der Waals surface area contributed by atoms with Crippen molar-refractivity contribution >= 4 is 23.5 Å². The highest BCUT2D eigenvalue weighted by Gasteiger charge is 2.10. The van der Waals surface area contributed by atoms with Gasteiger partial charge in [0, 0.05) is 24.2 Å². The van der Waals surface area contributed by atoms with Crippen molar-refractivity contribution in [3.8, 4) is 11.5 Å². The summed E-state index contributed by atoms with van der Waals surface area (Å²) in [7, 11) is 1.56. The van der Waals surface area contributed by atoms with Crippen molar-refractivity contribution in [3.05, 3.63) is 59.7 Å². The van der Waals surface area contributed by atoms with E-state index in [1.165, 1.54) is 25.1 Å². The molecule has 0 saturated heterocycles. The van der Waals surface area contributed by atoms with Gasteiger partial charge in [0.1, 0.15) is 11.5 Å². The molecule has 23 heavy (non-hydrogen) atoms. The van der Waals surface area contributed by atoms with Crippen molar-refractivity contribution in [2.75, 3.05) is 12.4 Å². The third-order valence-electron chi connectivity index (χ3n) is 3.14. The number of aromatic hydroxyl groups is 1. The summed E-state index contributed by atoms with van der Waals surface area (Å²) >= 11 is 0. The topological polar surface area (TPSA) is 75.6 Å². The second kappa shape index (κ2) is 7.26. The Hall–Kier alpha value is -3.08. The van der Waals surface area contributed by atoms with E-state index in [2.05, 4.69) is 5.32 Å². The van der Waals surface area contributed by atoms with Gasteiger partial charge in [-0.2, -0.15) is 0 Å². The van der Waals surface area contributed by atoms with Crippen LogP contribution in [0.25, 0.3) is 6.08 Å². The molecule has 0 saturated carbocycles. The van der Waals surface area contributed by atoms with Gasteiger partial charge in [-0.05, 0) is 30.4 Å². The molecule has 0 aliphatic carbocycles. The number of nitrogens with one attached hydrogen (secondary N) is 1. The smallest absolute Gasteiger partial charge is 0.221 e. The Kier molecular flexibility index (Phi) is 5.15. The monoisotopic (exact) mass is 311 g/mol. The van der Waals surface area contributed by atoms with Crippen LogP contribution in [0.2, 0.25) is 0 Å². The lowest BCUT2D eigenvalue weighted by Gasteiger charge is -2.06. The molecule has 0 heterocycles. The van der Waals surface area contributed by atoms with Crippen molar-refractivity contribution < 1.29 is 19.4 Å². The fraction of sp³-hybridized carbons (Fsp3) is 0.111. The summed E-state index contributed by atoms with van der Waals surface area (Å²) in [5.41, 5.74) is 1.35. The van der Waals surface area contributed by atoms with Crippen LogP contribution in [0.5, 0.6) is 11.5 Å². The van der Waals surface area contributed by atoms with Crippen molar-refractivity contribution in [2.45, 2.75) is 6.92 Å². The lowest BCUT2D eigenvalue weighted by atomic mass is 10.1. The van der Waals surface area contributed by atoms with Crippen molar-refractivity contribution in [3.63, 3.8) is 0 Å². The molecule has 118 valence electrons. The molecule has 5 heteroatoms. The maximum Gasteiger partial charge on any atom is 0.221 e. The van der Waals surface area contributed by atoms with E-state index in [4.69, 9.17) is 4.74 Å². The SMILES string of the molecule is COc1ccccc1/C=C/C(=O)c1ccc(NC(C)=O)cc1O. The van der Waals surface area contributed by atoms with Gasteiger partial charge in [-0.25, -0.2) is 0 Å². The fourth-order valence-electron chi connectivity index (χ4n) is 2.08. The summed E-state index contributed by atoms with van der Waals surface area (Å²) in [5, 5.41) is 12.5. The number of ether oxygens (including phenoxy) is 1. The van der Waals surface area contributed by atoms with Gasteiger partial charge in [-0.1, -0.05) is 18.2 Å². The molecule has 2 aromatic carbocycles. The summed E-state index contributed by atoms with van der Waals surface area (Å²) in [4.78, 5) is 23.2. The van der Waals surface area contributed by atoms with Gasteiger partial charge in [0.15, 0.2) is 5.78 Å². The number of carbonyl (C=O) groups is 2. The Morgan fingerprint density at radius 2 is 1.91 bits per heavy atom. The highest BCUT2D eigenvalue weighted by atomic mass is 16.5. The van der Waals surface area contributed by atoms with Crippen LogP contribution in [-0.2, 0) is 4.79 Å². The summed E-state index contributed by atoms with van der Waals surface area (Å²) in [6.45, 7) is 1.37. The second-order valence-corrected chi connectivity index (χ2v) is 4.85. The molecule has 0 aliphatic rings. The summed E-state index contributed by atoms with van der Waals surface area (Å²) in [6, 6.07) is 11.7. The molecule has 0 aromatic heterocycles. The van der Waals surface area contributed by atoms with Crippen molar-refractivity contribution in [1.29, 1.82) is 0 Å². The van der Waals surface area contributed by atoms with E-state index >= 15 is 0 Å². The number of benzene rings is 2. The fourth-order valence-corrected chi connectivity index (χ4v) is 2.08. The van der Waals surface area contributed by atoms with E-state index in [0.717, 1.165) is 5.56 Å². The number of allylic oxidation sites excluding steroid dienone is 1. The minimum Gasteiger partial charge on any atom is -0.507 e. The number of phenolic OH excluding ortho intramolecular Hbond substituents is 1. The van der Waals surface area contributed by atoms with E-state index in [-0.39, 0.29) is 23.0 Å². The number of ketones is 1. The Morgan fingerprint density at radius 1 is 1.17 bits per heavy atom. The van der Waals surface area contributed by atoms with E-state index in [0.29, 0.717) is 11.4 Å². The number of anilines is 1. The molecule has 0 atom stereocenters. The number of carbonyl (C=O) groups excluding carboxylic acids is 2. The third-order valence-corrected chi connectivity index (χ3v) is 3.14. The van der Waals surface area contributed by atoms with Crippen LogP contribution in [0, 0.1) is 0 Å². The van der Waals surface area contributed by atoms with Crippen LogP contribution in [0.4, 0.5) is 5.69 Å². The Labute approximate surface area is 134 Å². The standard InChI is InChI=1S/C18H17NO4/c1-12(20)19-14-8-9-15(17(22)11-14)16(21)10-7-13-5-3-4-6-18(13)23-2/h3-11,22H,1-2H3,(H,19,20)/b10-7+. The average molecular weight is 311 g/mol. The first-order valence-electron chi connectivity index (χ1n) is 6.97. The minimum atomic E-state index is -0.345. The number of phenols is 1. The van der Waals surface area contributed by atoms with Crippen LogP contribution in [0.3, 0.4) is 0 Å². The van der Waals surface area contributed by atoms with E-state index in [1.54, 1.807) is 25.3 Å². The first kappa shape index (κ1) is 16.3. The second-order valence-electron chi connectivity index (χ2n) is 4.85. The minimum absolute atomic E-state index is 0.158. The zero-order valence-electron chi connectivity index (χ0n) is 12.9. The van der Waals surface area contributed by atoms with E-state index in [9.17, 15) is 14.7 Å². The zero-order valence-corrected chi connectivity index (χ0v) is 12.9. The van der Waals surface area contributed by atoms with E-state index < -0.39 is 0 Å². The molecular formula is C18H17NO4. The lowest BCUT2D eigenvalue weighted by molar-refractivity contribution is -0.114. The summed E-state index contributed by atoms with van der Waals surface area (Å²) < 4.78 is 5.21. The van der Waals surface area contributed by atoms with Crippen LogP contribution in [0.15, 0.2) is 48.5 Å². The summed E-state index contributed by atoms with van der Waals surface area (Å²) in [6.07, 6.45) is 2.99. The molecule has 0 fully saturated rings. The number of hydrogen-bond acceptors (Lipinski definition) is 4. The van der Waals surface area contributed by atoms with Crippen LogP contribution in [0.1, 0.15) is 22.8 Å². The van der Waals surface area contributed by atoms with Crippen LogP contribution >= 0.6 is 0 Å². The first-order valence-corrected chi connectivity index (χ1v) is 6.97. The molecule has 5 nitrogen and oxygen atoms in total. The molecule has 0 bridgehead atoms. The number of hydrogen-bond donors (Lipinski definition) is 2. The molecule has 0 aliphatic heterocycles. The normalized spacial score (nSPS) is 10.5. The van der Waals surface area contributed by atoms with Crippen molar-refractivity contribution in [2.24, 2.45) is 0 Å². The van der Waals surface area contributed by atoms with Gasteiger partial charge < -0.3 is 15.2 Å². The molecule has 2 rings (SSSR count). The van der Waals surface area contributed by atoms with Crippen LogP contribution < -0.4 is 10.1 Å². The molecule has 2 aromatic rings. The Balaban J connectivity index is 2.20. The maximum atomic E-state index is 12.2. The van der Waals surface area contributed by atoms with Crippen molar-refractivity contribution in [1.82, 2.24) is 0 Å². The number of rotatable bonds is 5. The Morgan fingerprint density at radius 3 is 2.57 bits per heavy atom. The van der Waals surface area contributed by atoms with Gasteiger partial charge >= 0.3 is 0 Å². The highest BCUT2D eigenvalue weighted by Crippen LogP contribution is 2.24. The quantitative estimate of drug-likeness (QED) is 0.656. The predicted molar refractivity (Wildman–Crippen MR) is 88.8 cm³/mol. The Bertz CT molecular complexity index is 765. The molecular weight excluding hydrogens is 294 g/mol. The molecule has 0 radical (unpaired) electrons. The predicted octanol–water partition coefficient (Wildman–Crippen LogP) is 3.26. The number of methoxy groups -OCH3 is 1. The molecule has 2 N–H and O–H groups in total. The number of para-hydroxylation sites is 1. The number of amides is 1. The van der Waals surface area contributed by atoms with Gasteiger partial charge in [0.05, 0.1) is 12.7 Å². The van der Waals surface area contributed by atoms with Gasteiger partial charge in [0.25, 0.3) is 0 Å². The highest BCUT2D eigenvalue weighted by molar-refractivity contribution is 6.09. The van der Waals surface area contributed by atoms with Gasteiger partial charge in [-0.3, -0.25) is 9.59 Å². The largest absolute Gasteiger partial charge is 0.507 e. The van der Waals surface area contributed by atoms with E-state index in [1.807, 2.05) is 18.2 Å². The first-order chi connectivity index (χ1) is 11.0. The average Bonchev–Trinajstić information content (AvgIpc) is 2.52. The molecule has 0 spiro atoms. The zero-order chi connectivity index (χ0) is 16.8. The van der Waals surface area contributed by atoms with Crippen LogP contribution in [-0.4, -0.2) is 23.9 Å². The van der Waals surface area contributed by atoms with Gasteiger partial charge in [0.2, 0.25) is 5.91 Å². The molecule has 1 amide bonds. The third kappa shape index (κ3) is 4.20. The van der Waals surface area contributed by atoms with Gasteiger partial charge in [-0.15, -0.1) is 0 Å².